The van der Waals surface area contributed by atoms with Gasteiger partial charge in [-0.15, -0.1) is 0 Å². The van der Waals surface area contributed by atoms with Crippen molar-refractivity contribution in [3.8, 4) is 5.75 Å². The van der Waals surface area contributed by atoms with E-state index < -0.39 is 41.2 Å². The van der Waals surface area contributed by atoms with Gasteiger partial charge in [-0.25, -0.2) is 0 Å². The van der Waals surface area contributed by atoms with Gasteiger partial charge in [0.25, 0.3) is 0 Å². The zero-order valence-electron chi connectivity index (χ0n) is 18.1. The molecule has 0 spiro atoms. The molecule has 2 fully saturated rings. The summed E-state index contributed by atoms with van der Waals surface area (Å²) in [7, 11) is 0. The number of carbonyl (C=O) groups excluding carboxylic acids is 2. The highest BCUT2D eigenvalue weighted by atomic mass is 35.5. The third kappa shape index (κ3) is 3.88. The van der Waals surface area contributed by atoms with E-state index in [1.165, 1.54) is 12.1 Å². The van der Waals surface area contributed by atoms with Crippen LogP contribution in [0.3, 0.4) is 0 Å². The Kier molecular flexibility index (Phi) is 6.16. The van der Waals surface area contributed by atoms with Gasteiger partial charge in [0.05, 0.1) is 23.4 Å². The van der Waals surface area contributed by atoms with Gasteiger partial charge >= 0.3 is 5.97 Å². The lowest BCUT2D eigenvalue weighted by Crippen LogP contribution is -2.56. The lowest BCUT2D eigenvalue weighted by atomic mass is 9.75. The second-order valence-electron chi connectivity index (χ2n) is 9.07. The molecule has 33 heavy (non-hydrogen) atoms. The van der Waals surface area contributed by atoms with Crippen molar-refractivity contribution < 1.29 is 24.6 Å². The predicted octanol–water partition coefficient (Wildman–Crippen LogP) is 4.01. The number of carboxylic acids is 1. The lowest BCUT2D eigenvalue weighted by molar-refractivity contribution is -0.152. The SMILES string of the molecule is CC(C)C[C@]1(C(=O)O)N[C@H](c2cc(Cl)cc(Cl)c2O)[C@@H]2C(=O)N(Cc3ccccc3)C(=O)[C@H]21. The monoisotopic (exact) mass is 490 g/mol. The van der Waals surface area contributed by atoms with Gasteiger partial charge in [-0.05, 0) is 30.0 Å². The number of likely N-dealkylation sites (tertiary alicyclic amines) is 1. The number of nitrogens with zero attached hydrogens (tertiary/aromatic N) is 1. The average Bonchev–Trinajstić information content (AvgIpc) is 3.21. The highest BCUT2D eigenvalue weighted by Gasteiger charge is 2.68. The molecule has 7 nitrogen and oxygen atoms in total. The molecular formula is C24H24Cl2N2O5. The van der Waals surface area contributed by atoms with Crippen LogP contribution in [0.4, 0.5) is 0 Å². The Labute approximate surface area is 201 Å². The summed E-state index contributed by atoms with van der Waals surface area (Å²) < 4.78 is 0. The Morgan fingerprint density at radius 3 is 2.42 bits per heavy atom. The first kappa shape index (κ1) is 23.5. The predicted molar refractivity (Wildman–Crippen MR) is 123 cm³/mol. The van der Waals surface area contributed by atoms with Crippen LogP contribution in [-0.2, 0) is 20.9 Å². The van der Waals surface area contributed by atoms with Crippen molar-refractivity contribution >= 4 is 41.0 Å². The van der Waals surface area contributed by atoms with Crippen LogP contribution in [0.25, 0.3) is 0 Å². The van der Waals surface area contributed by atoms with Gasteiger partial charge in [0.15, 0.2) is 0 Å². The normalized spacial score (nSPS) is 26.8. The Morgan fingerprint density at radius 2 is 1.82 bits per heavy atom. The number of hydrogen-bond acceptors (Lipinski definition) is 5. The second kappa shape index (κ2) is 8.63. The number of carboxylic acid groups (broad SMARTS) is 1. The molecule has 9 heteroatoms. The third-order valence-electron chi connectivity index (χ3n) is 6.43. The summed E-state index contributed by atoms with van der Waals surface area (Å²) in [5.41, 5.74) is -0.748. The molecule has 0 bridgehead atoms. The number of phenolic OH excluding ortho intramolecular Hbond substituents is 1. The van der Waals surface area contributed by atoms with Gasteiger partial charge in [-0.3, -0.25) is 24.6 Å². The Morgan fingerprint density at radius 1 is 1.15 bits per heavy atom. The Balaban J connectivity index is 1.85. The number of aliphatic carboxylic acids is 1. The summed E-state index contributed by atoms with van der Waals surface area (Å²) in [6.07, 6.45) is 0.118. The van der Waals surface area contributed by atoms with Gasteiger partial charge in [0.1, 0.15) is 11.3 Å². The largest absolute Gasteiger partial charge is 0.506 e. The molecular weight excluding hydrogens is 467 g/mol. The summed E-state index contributed by atoms with van der Waals surface area (Å²) in [6.45, 7) is 3.74. The maximum atomic E-state index is 13.6. The third-order valence-corrected chi connectivity index (χ3v) is 6.94. The fourth-order valence-corrected chi connectivity index (χ4v) is 5.70. The van der Waals surface area contributed by atoms with Gasteiger partial charge in [-0.1, -0.05) is 67.4 Å². The van der Waals surface area contributed by atoms with Crippen molar-refractivity contribution in [2.75, 3.05) is 0 Å². The number of benzene rings is 2. The fourth-order valence-electron chi connectivity index (χ4n) is 5.19. The molecule has 0 saturated carbocycles. The van der Waals surface area contributed by atoms with Crippen molar-refractivity contribution in [2.24, 2.45) is 17.8 Å². The molecule has 4 rings (SSSR count). The van der Waals surface area contributed by atoms with E-state index in [9.17, 15) is 24.6 Å². The maximum Gasteiger partial charge on any atom is 0.324 e. The van der Waals surface area contributed by atoms with Crippen LogP contribution >= 0.6 is 23.2 Å². The summed E-state index contributed by atoms with van der Waals surface area (Å²) in [5.74, 6) is -4.81. The number of phenols is 1. The van der Waals surface area contributed by atoms with Crippen molar-refractivity contribution in [3.63, 3.8) is 0 Å². The zero-order chi connectivity index (χ0) is 24.1. The Hall–Kier alpha value is -2.61. The van der Waals surface area contributed by atoms with Crippen LogP contribution in [0, 0.1) is 17.8 Å². The first-order chi connectivity index (χ1) is 15.6. The van der Waals surface area contributed by atoms with Crippen LogP contribution in [0.15, 0.2) is 42.5 Å². The molecule has 2 heterocycles. The minimum Gasteiger partial charge on any atom is -0.506 e. The van der Waals surface area contributed by atoms with Gasteiger partial charge < -0.3 is 10.2 Å². The van der Waals surface area contributed by atoms with E-state index >= 15 is 0 Å². The van der Waals surface area contributed by atoms with E-state index in [0.29, 0.717) is 0 Å². The number of imide groups is 1. The molecule has 0 aliphatic carbocycles. The second-order valence-corrected chi connectivity index (χ2v) is 9.92. The smallest absolute Gasteiger partial charge is 0.324 e. The minimum absolute atomic E-state index is 0.0227. The van der Waals surface area contributed by atoms with E-state index in [0.717, 1.165) is 10.5 Å². The number of fused-ring (bicyclic) bond motifs is 1. The number of rotatable bonds is 6. The van der Waals surface area contributed by atoms with Crippen molar-refractivity contribution in [3.05, 3.63) is 63.6 Å². The van der Waals surface area contributed by atoms with E-state index in [-0.39, 0.29) is 40.2 Å². The highest BCUT2D eigenvalue weighted by Crippen LogP contribution is 2.53. The van der Waals surface area contributed by atoms with Gasteiger partial charge in [0, 0.05) is 16.6 Å². The molecule has 2 aliphatic rings. The molecule has 0 aromatic heterocycles. The molecule has 2 aromatic carbocycles. The first-order valence-corrected chi connectivity index (χ1v) is 11.4. The summed E-state index contributed by atoms with van der Waals surface area (Å²) in [4.78, 5) is 41.0. The van der Waals surface area contributed by atoms with Crippen LogP contribution < -0.4 is 5.32 Å². The number of carbonyl (C=O) groups is 3. The quantitative estimate of drug-likeness (QED) is 0.528. The number of halogens is 2. The first-order valence-electron chi connectivity index (χ1n) is 10.6. The lowest BCUT2D eigenvalue weighted by Gasteiger charge is -2.32. The highest BCUT2D eigenvalue weighted by molar-refractivity contribution is 6.35. The molecule has 4 atom stereocenters. The van der Waals surface area contributed by atoms with Crippen LogP contribution in [0.5, 0.6) is 5.75 Å². The summed E-state index contributed by atoms with van der Waals surface area (Å²) in [5, 5.41) is 24.2. The average molecular weight is 491 g/mol. The van der Waals surface area contributed by atoms with Crippen molar-refractivity contribution in [2.45, 2.75) is 38.4 Å². The molecule has 0 radical (unpaired) electrons. The van der Waals surface area contributed by atoms with Crippen LogP contribution in [0.2, 0.25) is 10.0 Å². The Bertz CT molecular complexity index is 1120. The molecule has 2 aromatic rings. The topological polar surface area (TPSA) is 107 Å². The van der Waals surface area contributed by atoms with E-state index in [1.807, 2.05) is 19.9 Å². The summed E-state index contributed by atoms with van der Waals surface area (Å²) >= 11 is 12.3. The molecule has 2 aliphatic heterocycles. The molecule has 0 unspecified atom stereocenters. The number of hydrogen-bond donors (Lipinski definition) is 3. The van der Waals surface area contributed by atoms with E-state index in [1.54, 1.807) is 24.3 Å². The number of nitrogens with one attached hydrogen (secondary N) is 1. The van der Waals surface area contributed by atoms with Crippen LogP contribution in [-0.4, -0.2) is 38.4 Å². The zero-order valence-corrected chi connectivity index (χ0v) is 19.6. The standard InChI is InChI=1S/C24H24Cl2N2O5/c1-12(2)10-24(23(32)33)18-17(19(27-24)15-8-14(25)9-16(26)20(15)29)21(30)28(22(18)31)11-13-6-4-3-5-7-13/h3-9,12,17-19,27,29H,10-11H2,1-2H3,(H,32,33)/t17-,18+,19-,24+/m1/s1. The fraction of sp³-hybridized carbons (Fsp3) is 0.375. The summed E-state index contributed by atoms with van der Waals surface area (Å²) in [6, 6.07) is 10.9. The molecule has 174 valence electrons. The molecule has 2 saturated heterocycles. The van der Waals surface area contributed by atoms with E-state index in [2.05, 4.69) is 5.32 Å². The number of aromatic hydroxyl groups is 1. The van der Waals surface area contributed by atoms with Crippen molar-refractivity contribution in [1.82, 2.24) is 10.2 Å². The van der Waals surface area contributed by atoms with Crippen molar-refractivity contribution in [1.29, 1.82) is 0 Å². The maximum absolute atomic E-state index is 13.6. The van der Waals surface area contributed by atoms with Gasteiger partial charge in [-0.2, -0.15) is 0 Å². The number of amides is 2. The van der Waals surface area contributed by atoms with Crippen LogP contribution in [0.1, 0.15) is 37.4 Å². The van der Waals surface area contributed by atoms with E-state index in [4.69, 9.17) is 23.2 Å². The molecule has 2 amide bonds. The van der Waals surface area contributed by atoms with Gasteiger partial charge in [0.2, 0.25) is 11.8 Å². The molecule has 3 N–H and O–H groups in total. The minimum atomic E-state index is -1.69.